The summed E-state index contributed by atoms with van der Waals surface area (Å²) in [4.78, 5) is 34.4. The maximum absolute atomic E-state index is 12.2. The fraction of sp³-hybridized carbons (Fsp3) is 0.286. The number of benzene rings is 2. The van der Waals surface area contributed by atoms with Crippen molar-refractivity contribution in [2.75, 3.05) is 13.7 Å². The second-order valence-corrected chi connectivity index (χ2v) is 6.32. The standard InChI is InChI=1S/C21H24N2O5/c1-14(16-7-9-18(10-8-16)28-13-20(25)26)23-19(24)11-6-15-4-3-5-17(12-15)21(27)22-2/h3-5,7-10,12,14H,6,11,13H2,1-2H3,(H,22,27)(H,23,24)(H,25,26). The van der Waals surface area contributed by atoms with E-state index in [2.05, 4.69) is 10.6 Å². The molecule has 0 radical (unpaired) electrons. The topological polar surface area (TPSA) is 105 Å². The van der Waals surface area contributed by atoms with Crippen molar-refractivity contribution >= 4 is 17.8 Å². The number of carboxylic acid groups (broad SMARTS) is 1. The van der Waals surface area contributed by atoms with Gasteiger partial charge in [-0.15, -0.1) is 0 Å². The highest BCUT2D eigenvalue weighted by atomic mass is 16.5. The van der Waals surface area contributed by atoms with Crippen molar-refractivity contribution in [3.05, 3.63) is 65.2 Å². The minimum Gasteiger partial charge on any atom is -0.482 e. The molecule has 0 saturated carbocycles. The number of carbonyl (C=O) groups excluding carboxylic acids is 2. The number of aryl methyl sites for hydroxylation is 1. The molecular weight excluding hydrogens is 360 g/mol. The summed E-state index contributed by atoms with van der Waals surface area (Å²) in [6.07, 6.45) is 0.840. The smallest absolute Gasteiger partial charge is 0.341 e. The van der Waals surface area contributed by atoms with Gasteiger partial charge in [0.15, 0.2) is 6.61 Å². The van der Waals surface area contributed by atoms with Gasteiger partial charge >= 0.3 is 5.97 Å². The van der Waals surface area contributed by atoms with Crippen molar-refractivity contribution in [2.45, 2.75) is 25.8 Å². The number of carbonyl (C=O) groups is 3. The van der Waals surface area contributed by atoms with E-state index in [1.54, 1.807) is 49.5 Å². The Labute approximate surface area is 163 Å². The average Bonchev–Trinajstić information content (AvgIpc) is 2.70. The van der Waals surface area contributed by atoms with Crippen LogP contribution in [0.5, 0.6) is 5.75 Å². The molecule has 0 aliphatic carbocycles. The molecule has 0 spiro atoms. The maximum atomic E-state index is 12.2. The number of hydrogen-bond acceptors (Lipinski definition) is 4. The molecule has 2 amide bonds. The second-order valence-electron chi connectivity index (χ2n) is 6.32. The molecule has 28 heavy (non-hydrogen) atoms. The highest BCUT2D eigenvalue weighted by Gasteiger charge is 2.11. The third-order valence-electron chi connectivity index (χ3n) is 4.18. The molecule has 1 unspecified atom stereocenters. The van der Waals surface area contributed by atoms with E-state index in [4.69, 9.17) is 9.84 Å². The van der Waals surface area contributed by atoms with E-state index in [1.165, 1.54) is 0 Å². The van der Waals surface area contributed by atoms with E-state index < -0.39 is 12.6 Å². The Hall–Kier alpha value is -3.35. The van der Waals surface area contributed by atoms with Crippen LogP contribution in [0.2, 0.25) is 0 Å². The zero-order valence-corrected chi connectivity index (χ0v) is 15.9. The van der Waals surface area contributed by atoms with Crippen LogP contribution < -0.4 is 15.4 Å². The normalized spacial score (nSPS) is 11.4. The van der Waals surface area contributed by atoms with Gasteiger partial charge in [-0.05, 0) is 48.7 Å². The van der Waals surface area contributed by atoms with Crippen LogP contribution in [0.15, 0.2) is 48.5 Å². The van der Waals surface area contributed by atoms with Gasteiger partial charge in [-0.25, -0.2) is 4.79 Å². The lowest BCUT2D eigenvalue weighted by molar-refractivity contribution is -0.139. The summed E-state index contributed by atoms with van der Waals surface area (Å²) < 4.78 is 5.09. The van der Waals surface area contributed by atoms with Gasteiger partial charge in [0.1, 0.15) is 5.75 Å². The van der Waals surface area contributed by atoms with Crippen LogP contribution in [0.25, 0.3) is 0 Å². The number of carboxylic acids is 1. The van der Waals surface area contributed by atoms with E-state index in [0.29, 0.717) is 24.2 Å². The zero-order valence-electron chi connectivity index (χ0n) is 15.9. The molecule has 7 nitrogen and oxygen atoms in total. The molecule has 0 saturated heterocycles. The lowest BCUT2D eigenvalue weighted by Crippen LogP contribution is -2.26. The third kappa shape index (κ3) is 6.42. The molecule has 2 rings (SSSR count). The number of aliphatic carboxylic acids is 1. The highest BCUT2D eigenvalue weighted by molar-refractivity contribution is 5.94. The van der Waals surface area contributed by atoms with Gasteiger partial charge in [-0.2, -0.15) is 0 Å². The lowest BCUT2D eigenvalue weighted by Gasteiger charge is -2.15. The number of amides is 2. The summed E-state index contributed by atoms with van der Waals surface area (Å²) in [7, 11) is 1.58. The van der Waals surface area contributed by atoms with E-state index >= 15 is 0 Å². The van der Waals surface area contributed by atoms with Gasteiger partial charge in [0, 0.05) is 19.0 Å². The molecule has 0 fully saturated rings. The third-order valence-corrected chi connectivity index (χ3v) is 4.18. The molecular formula is C21H24N2O5. The summed E-state index contributed by atoms with van der Waals surface area (Å²) in [5.74, 6) is -0.828. The van der Waals surface area contributed by atoms with Crippen molar-refractivity contribution in [3.8, 4) is 5.75 Å². The second kappa shape index (κ2) is 10.1. The highest BCUT2D eigenvalue weighted by Crippen LogP contribution is 2.18. The molecule has 0 bridgehead atoms. The molecule has 0 aromatic heterocycles. The van der Waals surface area contributed by atoms with E-state index in [9.17, 15) is 14.4 Å². The molecule has 0 aliphatic rings. The fourth-order valence-electron chi connectivity index (χ4n) is 2.67. The predicted molar refractivity (Wildman–Crippen MR) is 104 cm³/mol. The van der Waals surface area contributed by atoms with Crippen LogP contribution in [0, 0.1) is 0 Å². The summed E-state index contributed by atoms with van der Waals surface area (Å²) in [6.45, 7) is 1.48. The van der Waals surface area contributed by atoms with Crippen LogP contribution in [-0.4, -0.2) is 36.5 Å². The first-order valence-corrected chi connectivity index (χ1v) is 8.94. The predicted octanol–water partition coefficient (Wildman–Crippen LogP) is 2.32. The van der Waals surface area contributed by atoms with Crippen LogP contribution in [-0.2, 0) is 16.0 Å². The van der Waals surface area contributed by atoms with Crippen LogP contribution in [0.3, 0.4) is 0 Å². The van der Waals surface area contributed by atoms with E-state index in [-0.39, 0.29) is 17.9 Å². The van der Waals surface area contributed by atoms with Gasteiger partial charge in [0.25, 0.3) is 5.91 Å². The fourth-order valence-corrected chi connectivity index (χ4v) is 2.67. The van der Waals surface area contributed by atoms with E-state index in [0.717, 1.165) is 11.1 Å². The molecule has 0 heterocycles. The average molecular weight is 384 g/mol. The van der Waals surface area contributed by atoms with Gasteiger partial charge in [-0.3, -0.25) is 9.59 Å². The van der Waals surface area contributed by atoms with Crippen molar-refractivity contribution in [1.29, 1.82) is 0 Å². The first kappa shape index (κ1) is 21.0. The Morgan fingerprint density at radius 1 is 1.11 bits per heavy atom. The number of hydrogen-bond donors (Lipinski definition) is 3. The minimum atomic E-state index is -1.04. The molecule has 3 N–H and O–H groups in total. The first-order valence-electron chi connectivity index (χ1n) is 8.94. The summed E-state index contributed by atoms with van der Waals surface area (Å²) >= 11 is 0. The Kier molecular flexibility index (Phi) is 7.56. The van der Waals surface area contributed by atoms with Gasteiger partial charge in [0.2, 0.25) is 5.91 Å². The lowest BCUT2D eigenvalue weighted by atomic mass is 10.0. The van der Waals surface area contributed by atoms with Crippen molar-refractivity contribution in [3.63, 3.8) is 0 Å². The molecule has 7 heteroatoms. The molecule has 1 atom stereocenters. The largest absolute Gasteiger partial charge is 0.482 e. The molecule has 0 aliphatic heterocycles. The number of rotatable bonds is 9. The first-order chi connectivity index (χ1) is 13.4. The Morgan fingerprint density at radius 2 is 1.82 bits per heavy atom. The van der Waals surface area contributed by atoms with Crippen LogP contribution >= 0.6 is 0 Å². The summed E-state index contributed by atoms with van der Waals surface area (Å²) in [5, 5.41) is 14.1. The number of nitrogens with one attached hydrogen (secondary N) is 2. The molecule has 2 aromatic carbocycles. The zero-order chi connectivity index (χ0) is 20.5. The summed E-state index contributed by atoms with van der Waals surface area (Å²) in [6, 6.07) is 13.9. The van der Waals surface area contributed by atoms with Crippen LogP contribution in [0.1, 0.15) is 40.9 Å². The van der Waals surface area contributed by atoms with Gasteiger partial charge in [0.05, 0.1) is 6.04 Å². The van der Waals surface area contributed by atoms with Crippen molar-refractivity contribution in [2.24, 2.45) is 0 Å². The summed E-state index contributed by atoms with van der Waals surface area (Å²) in [5.41, 5.74) is 2.38. The maximum Gasteiger partial charge on any atom is 0.341 e. The Bertz CT molecular complexity index is 833. The minimum absolute atomic E-state index is 0.0935. The SMILES string of the molecule is CNC(=O)c1cccc(CCC(=O)NC(C)c2ccc(OCC(=O)O)cc2)c1. The van der Waals surface area contributed by atoms with E-state index in [1.807, 2.05) is 13.0 Å². The van der Waals surface area contributed by atoms with Crippen molar-refractivity contribution < 1.29 is 24.2 Å². The van der Waals surface area contributed by atoms with Crippen LogP contribution in [0.4, 0.5) is 0 Å². The van der Waals surface area contributed by atoms with Crippen molar-refractivity contribution in [1.82, 2.24) is 10.6 Å². The monoisotopic (exact) mass is 384 g/mol. The Balaban J connectivity index is 1.85. The van der Waals surface area contributed by atoms with Gasteiger partial charge in [-0.1, -0.05) is 24.3 Å². The number of ether oxygens (including phenoxy) is 1. The molecule has 148 valence electrons. The molecule has 2 aromatic rings. The Morgan fingerprint density at radius 3 is 2.46 bits per heavy atom. The quantitative estimate of drug-likeness (QED) is 0.615. The van der Waals surface area contributed by atoms with Gasteiger partial charge < -0.3 is 20.5 Å².